The van der Waals surface area contributed by atoms with Gasteiger partial charge in [-0.25, -0.2) is 0 Å². The molecule has 10 aromatic carbocycles. The van der Waals surface area contributed by atoms with Gasteiger partial charge in [0.2, 0.25) is 11.2 Å². The van der Waals surface area contributed by atoms with Crippen LogP contribution in [0.4, 0.5) is 0 Å². The first-order valence-corrected chi connectivity index (χ1v) is 36.4. The van der Waals surface area contributed by atoms with Crippen molar-refractivity contribution in [3.8, 4) is 0 Å². The van der Waals surface area contributed by atoms with Crippen molar-refractivity contribution in [3.05, 3.63) is 353 Å². The van der Waals surface area contributed by atoms with Crippen LogP contribution >= 0.6 is 85.3 Å². The van der Waals surface area contributed by atoms with Gasteiger partial charge in [0.05, 0.1) is 0 Å². The van der Waals surface area contributed by atoms with E-state index in [1.807, 2.05) is 218 Å². The Morgan fingerprint density at radius 1 is 0.383 bits per heavy atom. The van der Waals surface area contributed by atoms with Gasteiger partial charge in [-0.2, -0.15) is 0 Å². The van der Waals surface area contributed by atoms with E-state index in [0.717, 1.165) is 95.3 Å². The van der Waals surface area contributed by atoms with Crippen LogP contribution in [0.2, 0.25) is 0 Å². The molecule has 0 saturated heterocycles. The Kier molecular flexibility index (Phi) is 22.0. The van der Waals surface area contributed by atoms with Crippen LogP contribution in [0.25, 0.3) is 21.8 Å². The molecule has 0 atom stereocenters. The number of halogens is 4. The predicted octanol–water partition coefficient (Wildman–Crippen LogP) is 18.9. The molecule has 0 aliphatic heterocycles. The first kappa shape index (κ1) is 65.8. The zero-order valence-electron chi connectivity index (χ0n) is 51.0. The van der Waals surface area contributed by atoms with Gasteiger partial charge in [-0.1, -0.05) is 302 Å². The van der Waals surface area contributed by atoms with Crippen LogP contribution in [-0.4, -0.2) is 57.0 Å². The quantitative estimate of drug-likeness (QED) is 0.0174. The van der Waals surface area contributed by atoms with Crippen molar-refractivity contribution in [2.75, 3.05) is 24.6 Å². The van der Waals surface area contributed by atoms with Crippen molar-refractivity contribution in [3.63, 3.8) is 0 Å². The fourth-order valence-corrected chi connectivity index (χ4v) is 14.9. The molecule has 2 heterocycles. The lowest BCUT2D eigenvalue weighted by atomic mass is 9.80. The average molecular weight is 1530 g/mol. The van der Waals surface area contributed by atoms with Crippen molar-refractivity contribution in [2.24, 2.45) is 10.3 Å². The summed E-state index contributed by atoms with van der Waals surface area (Å²) in [5.41, 5.74) is 9.28. The summed E-state index contributed by atoms with van der Waals surface area (Å²) in [4.78, 5) is 43.9. The SMILES string of the molecule is O=C(NCCSSCCNC(=O)/C(Cc1cn(Cc2ccc(Br)cc2)c2ccc(Br)cc12)=N/OC(c1ccccc1)(c1ccccc1)c1ccccc1)/C(Cc1cn(Cc2ccc(Br)cc2)c2ccc(Br)cc12)=N/OC(c1ccccc1)(c1ccccc1)c1ccccc1. The van der Waals surface area contributed by atoms with Gasteiger partial charge in [-0.15, -0.1) is 0 Å². The molecular weight excluding hydrogens is 1470 g/mol. The Bertz CT molecular complexity index is 4100. The van der Waals surface area contributed by atoms with Crippen molar-refractivity contribution < 1.29 is 19.3 Å². The molecular formula is C78H64Br4N6O4S2. The molecule has 0 spiro atoms. The van der Waals surface area contributed by atoms with Crippen LogP contribution in [0.1, 0.15) is 55.6 Å². The van der Waals surface area contributed by atoms with E-state index in [9.17, 15) is 9.59 Å². The van der Waals surface area contributed by atoms with Crippen molar-refractivity contribution in [1.82, 2.24) is 19.8 Å². The number of hydrogen-bond acceptors (Lipinski definition) is 8. The molecule has 94 heavy (non-hydrogen) atoms. The molecule has 0 fully saturated rings. The summed E-state index contributed by atoms with van der Waals surface area (Å²) >= 11 is 14.7. The summed E-state index contributed by atoms with van der Waals surface area (Å²) in [6.45, 7) is 1.93. The number of nitrogens with zero attached hydrogens (tertiary/aromatic N) is 4. The minimum Gasteiger partial charge on any atom is -0.374 e. The van der Waals surface area contributed by atoms with Crippen LogP contribution in [0.5, 0.6) is 0 Å². The number of rotatable bonds is 27. The average Bonchev–Trinajstić information content (AvgIpc) is 1.08. The van der Waals surface area contributed by atoms with E-state index in [1.54, 1.807) is 21.6 Å². The van der Waals surface area contributed by atoms with Gasteiger partial charge < -0.3 is 29.4 Å². The second-order valence-corrected chi connectivity index (χ2v) is 28.8. The highest BCUT2D eigenvalue weighted by Crippen LogP contribution is 2.43. The Morgan fingerprint density at radius 2 is 0.670 bits per heavy atom. The largest absolute Gasteiger partial charge is 0.374 e. The Balaban J connectivity index is 0.786. The standard InChI is InChI=1S/C78H64Br4N6O4S2/c79-65-35-31-55(32-36-65)51-87-53-57(69-49-67(81)39-41-73(69)87)47-71(85-91-77(59-19-7-1-8-20-59,60-21-9-2-10-22-60)61-23-11-3-12-24-61)75(89)83-43-45-93-94-46-44-84-76(90)72(48-58-54-88(52-56-33-37-66(80)38-34-56)74-42-40-68(82)50-70(58)74)86-92-78(62-25-13-4-14-26-62,63-27-15-5-16-28-63)64-29-17-6-18-30-64/h1-42,49-50,53-54H,43-48,51-52H2,(H,83,89)(H,84,90)/b85-71+,86-72+. The maximum Gasteiger partial charge on any atom is 0.269 e. The topological polar surface area (TPSA) is 111 Å². The normalized spacial score (nSPS) is 12.0. The van der Waals surface area contributed by atoms with E-state index >= 15 is 0 Å². The second-order valence-electron chi connectivity index (χ2n) is 22.5. The lowest BCUT2D eigenvalue weighted by molar-refractivity contribution is -0.116. The van der Waals surface area contributed by atoms with Crippen molar-refractivity contribution >= 4 is 130 Å². The smallest absolute Gasteiger partial charge is 0.269 e. The number of oxime groups is 2. The van der Waals surface area contributed by atoms with Gasteiger partial charge in [0.1, 0.15) is 11.4 Å². The van der Waals surface area contributed by atoms with Gasteiger partial charge in [0.15, 0.2) is 0 Å². The van der Waals surface area contributed by atoms with Gasteiger partial charge in [0, 0.05) is 136 Å². The summed E-state index contributed by atoms with van der Waals surface area (Å²) in [6.07, 6.45) is 4.59. The van der Waals surface area contributed by atoms with Crippen molar-refractivity contribution in [1.29, 1.82) is 0 Å². The van der Waals surface area contributed by atoms with Gasteiger partial charge in [0.25, 0.3) is 11.8 Å². The zero-order valence-corrected chi connectivity index (χ0v) is 58.9. The fraction of sp³-hybridized carbons (Fsp3) is 0.128. The number of fused-ring (bicyclic) bond motifs is 2. The van der Waals surface area contributed by atoms with Crippen LogP contribution in [-0.2, 0) is 56.4 Å². The molecule has 0 unspecified atom stereocenters. The van der Waals surface area contributed by atoms with Crippen LogP contribution in [0, 0.1) is 0 Å². The molecule has 12 aromatic rings. The summed E-state index contributed by atoms with van der Waals surface area (Å²) < 4.78 is 8.30. The first-order chi connectivity index (χ1) is 46.0. The van der Waals surface area contributed by atoms with Crippen LogP contribution in [0.15, 0.2) is 308 Å². The van der Waals surface area contributed by atoms with E-state index in [1.165, 1.54) is 0 Å². The Labute approximate surface area is 589 Å². The van der Waals surface area contributed by atoms with E-state index in [4.69, 9.17) is 20.0 Å². The number of amides is 2. The minimum absolute atomic E-state index is 0.176. The number of nitrogens with one attached hydrogen (secondary N) is 2. The maximum absolute atomic E-state index is 14.9. The van der Waals surface area contributed by atoms with E-state index < -0.39 is 11.2 Å². The number of aromatic nitrogens is 2. The summed E-state index contributed by atoms with van der Waals surface area (Å²) in [6, 6.07) is 89.2. The molecule has 0 aliphatic carbocycles. The molecule has 2 amide bonds. The Hall–Kier alpha value is -8.22. The summed E-state index contributed by atoms with van der Waals surface area (Å²) in [5.74, 6) is 0.443. The first-order valence-electron chi connectivity index (χ1n) is 30.7. The van der Waals surface area contributed by atoms with E-state index in [0.29, 0.717) is 37.7 Å². The summed E-state index contributed by atoms with van der Waals surface area (Å²) in [7, 11) is 3.22. The van der Waals surface area contributed by atoms with Gasteiger partial charge in [-0.05, 0) is 82.9 Å². The predicted molar refractivity (Wildman–Crippen MR) is 400 cm³/mol. The molecule has 0 radical (unpaired) electrons. The third-order valence-electron chi connectivity index (χ3n) is 16.3. The molecule has 0 aliphatic rings. The van der Waals surface area contributed by atoms with Crippen molar-refractivity contribution in [2.45, 2.75) is 37.1 Å². The molecule has 16 heteroatoms. The lowest BCUT2D eigenvalue weighted by Crippen LogP contribution is -2.36. The van der Waals surface area contributed by atoms with E-state index in [-0.39, 0.29) is 36.1 Å². The number of carbonyl (C=O) groups excluding carboxylic acids is 2. The highest BCUT2D eigenvalue weighted by atomic mass is 79.9. The minimum atomic E-state index is -1.22. The third kappa shape index (κ3) is 15.4. The third-order valence-corrected chi connectivity index (χ3v) is 20.8. The lowest BCUT2D eigenvalue weighted by Gasteiger charge is -2.33. The molecule has 0 saturated carbocycles. The number of carbonyl (C=O) groups is 2. The highest BCUT2D eigenvalue weighted by molar-refractivity contribution is 9.11. The Morgan fingerprint density at radius 3 is 0.968 bits per heavy atom. The molecule has 470 valence electrons. The molecule has 12 rings (SSSR count). The molecule has 0 bridgehead atoms. The van der Waals surface area contributed by atoms with Gasteiger partial charge >= 0.3 is 0 Å². The number of hydrogen-bond donors (Lipinski definition) is 2. The zero-order chi connectivity index (χ0) is 64.7. The van der Waals surface area contributed by atoms with E-state index in [2.05, 4.69) is 144 Å². The number of benzene rings is 10. The maximum atomic E-state index is 14.9. The molecule has 2 N–H and O–H groups in total. The fourth-order valence-electron chi connectivity index (χ4n) is 11.8. The monoisotopic (exact) mass is 1530 g/mol. The second kappa shape index (κ2) is 31.3. The van der Waals surface area contributed by atoms with Gasteiger partial charge in [-0.3, -0.25) is 9.59 Å². The van der Waals surface area contributed by atoms with Crippen LogP contribution < -0.4 is 10.6 Å². The molecule has 2 aromatic heterocycles. The summed E-state index contributed by atoms with van der Waals surface area (Å²) in [5, 5.41) is 18.3. The van der Waals surface area contributed by atoms with Crippen LogP contribution in [0.3, 0.4) is 0 Å². The molecule has 10 nitrogen and oxygen atoms in total. The highest BCUT2D eigenvalue weighted by Gasteiger charge is 2.41.